The molecule has 0 bridgehead atoms. The van der Waals surface area contributed by atoms with Crippen molar-refractivity contribution in [3.8, 4) is 11.5 Å². The van der Waals surface area contributed by atoms with Gasteiger partial charge in [-0.3, -0.25) is 4.79 Å². The van der Waals surface area contributed by atoms with Crippen molar-refractivity contribution in [2.45, 2.75) is 12.8 Å². The van der Waals surface area contributed by atoms with Gasteiger partial charge < -0.3 is 9.47 Å². The molecule has 112 valence electrons. The molecule has 3 nitrogen and oxygen atoms in total. The van der Waals surface area contributed by atoms with Gasteiger partial charge in [0.2, 0.25) is 0 Å². The summed E-state index contributed by atoms with van der Waals surface area (Å²) in [5, 5.41) is 0. The van der Waals surface area contributed by atoms with Gasteiger partial charge in [-0.05, 0) is 42.2 Å². The van der Waals surface area contributed by atoms with E-state index < -0.39 is 0 Å². The number of fused-ring (bicyclic) bond motifs is 1. The Bertz CT molecular complexity index is 744. The molecule has 0 amide bonds. The molecular formula is C19H18O3. The number of carbonyl (C=O) groups is 1. The summed E-state index contributed by atoms with van der Waals surface area (Å²) in [6, 6.07) is 13.5. The van der Waals surface area contributed by atoms with Crippen molar-refractivity contribution in [1.82, 2.24) is 0 Å². The molecule has 0 aliphatic heterocycles. The molecule has 1 aliphatic rings. The second-order valence-electron chi connectivity index (χ2n) is 5.27. The zero-order chi connectivity index (χ0) is 15.5. The largest absolute Gasteiger partial charge is 0.493 e. The van der Waals surface area contributed by atoms with E-state index in [0.29, 0.717) is 11.5 Å². The van der Waals surface area contributed by atoms with Gasteiger partial charge in [0.25, 0.3) is 0 Å². The first-order valence-electron chi connectivity index (χ1n) is 7.28. The lowest BCUT2D eigenvalue weighted by molar-refractivity contribution is 0.102. The molecule has 0 saturated carbocycles. The van der Waals surface area contributed by atoms with Crippen LogP contribution in [-0.2, 0) is 6.42 Å². The molecule has 0 spiro atoms. The van der Waals surface area contributed by atoms with Crippen LogP contribution in [0, 0.1) is 0 Å². The van der Waals surface area contributed by atoms with Crippen molar-refractivity contribution in [3.05, 3.63) is 64.7 Å². The molecule has 3 rings (SSSR count). The van der Waals surface area contributed by atoms with Crippen LogP contribution in [0.15, 0.2) is 48.0 Å². The molecule has 2 aromatic carbocycles. The number of carbonyl (C=O) groups excluding carboxylic acids is 1. The molecule has 0 heterocycles. The van der Waals surface area contributed by atoms with E-state index in [9.17, 15) is 4.79 Å². The van der Waals surface area contributed by atoms with E-state index in [2.05, 4.69) is 0 Å². The number of methoxy groups -OCH3 is 2. The first kappa shape index (κ1) is 14.4. The molecule has 0 aromatic heterocycles. The average Bonchev–Trinajstić information content (AvgIpc) is 2.57. The van der Waals surface area contributed by atoms with E-state index in [4.69, 9.17) is 9.47 Å². The zero-order valence-corrected chi connectivity index (χ0v) is 12.8. The Labute approximate surface area is 130 Å². The SMILES string of the molecule is COc1ccc(C=C2CCc3ccccc3C2=O)cc1OC. The molecule has 3 heteroatoms. The van der Waals surface area contributed by atoms with Crippen LogP contribution in [0.2, 0.25) is 0 Å². The number of benzene rings is 2. The number of rotatable bonds is 3. The van der Waals surface area contributed by atoms with Gasteiger partial charge in [-0.2, -0.15) is 0 Å². The minimum Gasteiger partial charge on any atom is -0.493 e. The Hall–Kier alpha value is -2.55. The molecule has 0 radical (unpaired) electrons. The Balaban J connectivity index is 1.95. The number of allylic oxidation sites excluding steroid dienone is 1. The highest BCUT2D eigenvalue weighted by Crippen LogP contribution is 2.30. The first-order chi connectivity index (χ1) is 10.7. The minimum atomic E-state index is 0.122. The van der Waals surface area contributed by atoms with Gasteiger partial charge in [0.05, 0.1) is 14.2 Å². The van der Waals surface area contributed by atoms with Crippen LogP contribution in [-0.4, -0.2) is 20.0 Å². The highest BCUT2D eigenvalue weighted by atomic mass is 16.5. The molecule has 22 heavy (non-hydrogen) atoms. The van der Waals surface area contributed by atoms with Crippen LogP contribution in [0.25, 0.3) is 6.08 Å². The van der Waals surface area contributed by atoms with Gasteiger partial charge in [0, 0.05) is 11.1 Å². The van der Waals surface area contributed by atoms with Gasteiger partial charge in [-0.1, -0.05) is 30.3 Å². The zero-order valence-electron chi connectivity index (χ0n) is 12.8. The molecule has 0 unspecified atom stereocenters. The van der Waals surface area contributed by atoms with Gasteiger partial charge in [0.15, 0.2) is 17.3 Å². The summed E-state index contributed by atoms with van der Waals surface area (Å²) >= 11 is 0. The second kappa shape index (κ2) is 6.06. The van der Waals surface area contributed by atoms with Crippen LogP contribution in [0.5, 0.6) is 11.5 Å². The van der Waals surface area contributed by atoms with E-state index >= 15 is 0 Å². The normalized spacial score (nSPS) is 15.5. The maximum Gasteiger partial charge on any atom is 0.189 e. The van der Waals surface area contributed by atoms with Gasteiger partial charge in [0.1, 0.15) is 0 Å². The summed E-state index contributed by atoms with van der Waals surface area (Å²) in [4.78, 5) is 12.6. The van der Waals surface area contributed by atoms with Crippen molar-refractivity contribution >= 4 is 11.9 Å². The van der Waals surface area contributed by atoms with Crippen LogP contribution in [0.3, 0.4) is 0 Å². The monoisotopic (exact) mass is 294 g/mol. The summed E-state index contributed by atoms with van der Waals surface area (Å²) in [5.74, 6) is 1.47. The average molecular weight is 294 g/mol. The van der Waals surface area contributed by atoms with Crippen molar-refractivity contribution in [3.63, 3.8) is 0 Å². The summed E-state index contributed by atoms with van der Waals surface area (Å²) in [6.07, 6.45) is 3.62. The maximum atomic E-state index is 12.6. The Morgan fingerprint density at radius 3 is 2.50 bits per heavy atom. The fourth-order valence-corrected chi connectivity index (χ4v) is 2.80. The Morgan fingerprint density at radius 2 is 1.73 bits per heavy atom. The smallest absolute Gasteiger partial charge is 0.189 e. The summed E-state index contributed by atoms with van der Waals surface area (Å²) < 4.78 is 10.5. The Kier molecular flexibility index (Phi) is 3.96. The lowest BCUT2D eigenvalue weighted by Crippen LogP contribution is -2.13. The molecule has 0 saturated heterocycles. The lowest BCUT2D eigenvalue weighted by atomic mass is 9.86. The van der Waals surface area contributed by atoms with Gasteiger partial charge in [-0.15, -0.1) is 0 Å². The fourth-order valence-electron chi connectivity index (χ4n) is 2.80. The van der Waals surface area contributed by atoms with Gasteiger partial charge in [-0.25, -0.2) is 0 Å². The lowest BCUT2D eigenvalue weighted by Gasteiger charge is -2.17. The predicted octanol–water partition coefficient (Wildman–Crippen LogP) is 3.92. The molecule has 0 fully saturated rings. The van der Waals surface area contributed by atoms with Crippen LogP contribution in [0.4, 0.5) is 0 Å². The van der Waals surface area contributed by atoms with E-state index in [1.54, 1.807) is 14.2 Å². The van der Waals surface area contributed by atoms with Crippen molar-refractivity contribution in [2.24, 2.45) is 0 Å². The van der Waals surface area contributed by atoms with E-state index in [1.165, 1.54) is 0 Å². The van der Waals surface area contributed by atoms with Crippen molar-refractivity contribution in [1.29, 1.82) is 0 Å². The third-order valence-corrected chi connectivity index (χ3v) is 3.97. The second-order valence-corrected chi connectivity index (χ2v) is 5.27. The molecule has 0 atom stereocenters. The standard InChI is InChI=1S/C19H18O3/c1-21-17-10-7-13(12-18(17)22-2)11-15-9-8-14-5-3-4-6-16(14)19(15)20/h3-7,10-12H,8-9H2,1-2H3. The van der Waals surface area contributed by atoms with Crippen LogP contribution < -0.4 is 9.47 Å². The maximum absolute atomic E-state index is 12.6. The number of Topliss-reactive ketones (excluding diaryl/α,β-unsaturated/α-hetero) is 1. The highest BCUT2D eigenvalue weighted by molar-refractivity contribution is 6.13. The molecule has 0 N–H and O–H groups in total. The quantitative estimate of drug-likeness (QED) is 0.805. The highest BCUT2D eigenvalue weighted by Gasteiger charge is 2.21. The summed E-state index contributed by atoms with van der Waals surface area (Å²) in [7, 11) is 3.22. The number of ether oxygens (including phenoxy) is 2. The molecular weight excluding hydrogens is 276 g/mol. The third-order valence-electron chi connectivity index (χ3n) is 3.97. The van der Waals surface area contributed by atoms with Crippen molar-refractivity contribution < 1.29 is 14.3 Å². The fraction of sp³-hybridized carbons (Fsp3) is 0.211. The van der Waals surface area contributed by atoms with E-state index in [1.807, 2.05) is 48.5 Å². The number of hydrogen-bond acceptors (Lipinski definition) is 3. The number of ketones is 1. The molecule has 1 aliphatic carbocycles. The molecule has 2 aromatic rings. The van der Waals surface area contributed by atoms with Crippen LogP contribution in [0.1, 0.15) is 27.9 Å². The van der Waals surface area contributed by atoms with E-state index in [0.717, 1.165) is 35.1 Å². The first-order valence-corrected chi connectivity index (χ1v) is 7.28. The summed E-state index contributed by atoms with van der Waals surface area (Å²) in [6.45, 7) is 0. The topological polar surface area (TPSA) is 35.5 Å². The number of aryl methyl sites for hydroxylation is 1. The Morgan fingerprint density at radius 1 is 0.955 bits per heavy atom. The predicted molar refractivity (Wildman–Crippen MR) is 86.6 cm³/mol. The van der Waals surface area contributed by atoms with E-state index in [-0.39, 0.29) is 5.78 Å². The summed E-state index contributed by atoms with van der Waals surface area (Å²) in [5.41, 5.74) is 3.74. The van der Waals surface area contributed by atoms with Crippen LogP contribution >= 0.6 is 0 Å². The van der Waals surface area contributed by atoms with Crippen molar-refractivity contribution in [2.75, 3.05) is 14.2 Å². The number of hydrogen-bond donors (Lipinski definition) is 0. The van der Waals surface area contributed by atoms with Gasteiger partial charge >= 0.3 is 0 Å². The minimum absolute atomic E-state index is 0.122. The third kappa shape index (κ3) is 2.62.